The van der Waals surface area contributed by atoms with Gasteiger partial charge in [0.1, 0.15) is 28.6 Å². The van der Waals surface area contributed by atoms with Crippen LogP contribution in [0.4, 0.5) is 0 Å². The van der Waals surface area contributed by atoms with Crippen LogP contribution >= 0.6 is 0 Å². The first-order valence-electron chi connectivity index (χ1n) is 7.03. The Morgan fingerprint density at radius 1 is 0.545 bits per heavy atom. The second-order valence-electron chi connectivity index (χ2n) is 4.00. The van der Waals surface area contributed by atoms with Crippen LogP contribution in [0.5, 0.6) is 0 Å². The highest BCUT2D eigenvalue weighted by Crippen LogP contribution is 1.95. The average molecular weight is 331 g/mol. The molecule has 0 heterocycles. The predicted molar refractivity (Wildman–Crippen MR) is 86.7 cm³/mol. The molecule has 0 aliphatic carbocycles. The first-order chi connectivity index (χ1) is 10.8. The lowest BCUT2D eigenvalue weighted by molar-refractivity contribution is 0.123. The summed E-state index contributed by atoms with van der Waals surface area (Å²) in [7, 11) is 3.88. The van der Waals surface area contributed by atoms with E-state index in [4.69, 9.17) is 28.4 Å². The van der Waals surface area contributed by atoms with E-state index in [1.165, 1.54) is 0 Å². The van der Waals surface area contributed by atoms with Gasteiger partial charge >= 0.3 is 0 Å². The van der Waals surface area contributed by atoms with Gasteiger partial charge in [-0.15, -0.1) is 0 Å². The van der Waals surface area contributed by atoms with E-state index in [1.54, 1.807) is 40.1 Å². The molecular formula is C15H27O6Si. The van der Waals surface area contributed by atoms with Gasteiger partial charge in [0.25, 0.3) is 0 Å². The van der Waals surface area contributed by atoms with Crippen LogP contribution < -0.4 is 0 Å². The highest BCUT2D eigenvalue weighted by Gasteiger charge is 1.98. The van der Waals surface area contributed by atoms with Crippen LogP contribution in [0.25, 0.3) is 0 Å². The molecule has 0 aliphatic heterocycles. The lowest BCUT2D eigenvalue weighted by atomic mass is 10.8. The zero-order chi connectivity index (χ0) is 16.3. The van der Waals surface area contributed by atoms with Gasteiger partial charge in [0, 0.05) is 21.3 Å². The Kier molecular flexibility index (Phi) is 16.7. The minimum absolute atomic E-state index is 0.532. The summed E-state index contributed by atoms with van der Waals surface area (Å²) in [6.07, 6.45) is 5.06. The van der Waals surface area contributed by atoms with E-state index in [1.807, 2.05) is 17.1 Å². The molecule has 0 bridgehead atoms. The highest BCUT2D eigenvalue weighted by atomic mass is 28.3. The third kappa shape index (κ3) is 15.1. The van der Waals surface area contributed by atoms with E-state index in [2.05, 4.69) is 0 Å². The largest absolute Gasteiger partial charge is 0.500 e. The highest BCUT2D eigenvalue weighted by molar-refractivity contribution is 6.74. The van der Waals surface area contributed by atoms with E-state index in [-0.39, 0.29) is 0 Å². The van der Waals surface area contributed by atoms with Crippen LogP contribution in [-0.2, 0) is 28.4 Å². The summed E-state index contributed by atoms with van der Waals surface area (Å²) >= 11 is 0. The van der Waals surface area contributed by atoms with Crippen molar-refractivity contribution in [2.24, 2.45) is 0 Å². The molecule has 0 aromatic rings. The Hall–Kier alpha value is -1.28. The molecule has 0 saturated carbocycles. The SMILES string of the molecule is COCCO/C=C/[Si](/C=C/OCCOC)/C=C/OCCOC. The molecule has 0 amide bonds. The Bertz CT molecular complexity index is 259. The predicted octanol–water partition coefficient (Wildman–Crippen LogP) is 1.63. The Morgan fingerprint density at radius 3 is 1.14 bits per heavy atom. The van der Waals surface area contributed by atoms with Gasteiger partial charge in [-0.1, -0.05) is 17.1 Å². The second-order valence-corrected chi connectivity index (χ2v) is 6.00. The van der Waals surface area contributed by atoms with Gasteiger partial charge in [-0.05, 0) is 0 Å². The fraction of sp³-hybridized carbons (Fsp3) is 0.600. The van der Waals surface area contributed by atoms with Crippen molar-refractivity contribution in [3.63, 3.8) is 0 Å². The van der Waals surface area contributed by atoms with Gasteiger partial charge in [-0.2, -0.15) is 0 Å². The fourth-order valence-electron chi connectivity index (χ4n) is 1.15. The second kappa shape index (κ2) is 17.8. The number of hydrogen-bond acceptors (Lipinski definition) is 6. The smallest absolute Gasteiger partial charge is 0.140 e. The first-order valence-corrected chi connectivity index (χ1v) is 8.76. The van der Waals surface area contributed by atoms with Crippen molar-refractivity contribution >= 4 is 8.80 Å². The van der Waals surface area contributed by atoms with Gasteiger partial charge in [0.15, 0.2) is 0 Å². The summed E-state index contributed by atoms with van der Waals surface area (Å²) in [6, 6.07) is 0. The van der Waals surface area contributed by atoms with Gasteiger partial charge in [0.2, 0.25) is 0 Å². The summed E-state index contributed by atoms with van der Waals surface area (Å²) in [4.78, 5) is 0. The van der Waals surface area contributed by atoms with Crippen molar-refractivity contribution in [2.45, 2.75) is 0 Å². The van der Waals surface area contributed by atoms with Gasteiger partial charge < -0.3 is 28.4 Å². The van der Waals surface area contributed by atoms with Gasteiger partial charge in [-0.25, -0.2) is 0 Å². The number of rotatable bonds is 15. The summed E-state index contributed by atoms with van der Waals surface area (Å²) in [5.74, 6) is 0. The van der Waals surface area contributed by atoms with E-state index in [9.17, 15) is 0 Å². The molecular weight excluding hydrogens is 304 g/mol. The van der Waals surface area contributed by atoms with Crippen molar-refractivity contribution in [1.29, 1.82) is 0 Å². The summed E-state index contributed by atoms with van der Waals surface area (Å²) in [5, 5.41) is 0. The van der Waals surface area contributed by atoms with Gasteiger partial charge in [-0.3, -0.25) is 0 Å². The number of methoxy groups -OCH3 is 3. The third-order valence-electron chi connectivity index (χ3n) is 2.29. The van der Waals surface area contributed by atoms with Crippen molar-refractivity contribution in [3.8, 4) is 0 Å². The first kappa shape index (κ1) is 20.7. The molecule has 0 aromatic carbocycles. The topological polar surface area (TPSA) is 55.4 Å². The van der Waals surface area contributed by atoms with E-state index < -0.39 is 8.80 Å². The van der Waals surface area contributed by atoms with Crippen molar-refractivity contribution in [1.82, 2.24) is 0 Å². The van der Waals surface area contributed by atoms with E-state index >= 15 is 0 Å². The number of ether oxygens (including phenoxy) is 6. The van der Waals surface area contributed by atoms with Crippen LogP contribution in [0.1, 0.15) is 0 Å². The Balaban J connectivity index is 4.17. The minimum Gasteiger partial charge on any atom is -0.500 e. The summed E-state index contributed by atoms with van der Waals surface area (Å²) in [6.45, 7) is 3.30. The molecule has 0 fully saturated rings. The molecule has 0 unspecified atom stereocenters. The molecule has 0 aliphatic rings. The van der Waals surface area contributed by atoms with Crippen molar-refractivity contribution in [3.05, 3.63) is 35.9 Å². The molecule has 0 atom stereocenters. The monoisotopic (exact) mass is 331 g/mol. The van der Waals surface area contributed by atoms with Crippen LogP contribution in [-0.4, -0.2) is 69.8 Å². The lowest BCUT2D eigenvalue weighted by Gasteiger charge is -2.03. The normalized spacial score (nSPS) is 12.0. The van der Waals surface area contributed by atoms with Crippen LogP contribution in [0.15, 0.2) is 35.9 Å². The van der Waals surface area contributed by atoms with Crippen LogP contribution in [0, 0.1) is 0 Å². The zero-order valence-corrected chi connectivity index (χ0v) is 14.7. The van der Waals surface area contributed by atoms with Crippen LogP contribution in [0.2, 0.25) is 0 Å². The quantitative estimate of drug-likeness (QED) is 0.258. The van der Waals surface area contributed by atoms with Crippen molar-refractivity contribution < 1.29 is 28.4 Å². The molecule has 6 nitrogen and oxygen atoms in total. The minimum atomic E-state index is -1.04. The fourth-order valence-corrected chi connectivity index (χ4v) is 2.24. The molecule has 7 heteroatoms. The maximum absolute atomic E-state index is 5.32. The number of hydrogen-bond donors (Lipinski definition) is 0. The maximum Gasteiger partial charge on any atom is 0.140 e. The average Bonchev–Trinajstić information content (AvgIpc) is 2.53. The molecule has 0 rings (SSSR count). The Labute approximate surface area is 134 Å². The molecule has 22 heavy (non-hydrogen) atoms. The standard InChI is InChI=1S/C15H27O6Si/c1-16-4-7-19-10-13-22(14-11-20-8-5-17-2)15-12-21-9-6-18-3/h10-15H,4-9H2,1-3H3/b13-10+,14-11+,15-12+. The third-order valence-corrected chi connectivity index (χ3v) is 3.85. The van der Waals surface area contributed by atoms with E-state index in [0.29, 0.717) is 39.6 Å². The molecule has 0 N–H and O–H groups in total. The summed E-state index contributed by atoms with van der Waals surface area (Å²) in [5.41, 5.74) is 5.98. The molecule has 0 spiro atoms. The van der Waals surface area contributed by atoms with Gasteiger partial charge in [0.05, 0.1) is 38.6 Å². The molecule has 0 saturated heterocycles. The van der Waals surface area contributed by atoms with Crippen LogP contribution in [0.3, 0.4) is 0 Å². The van der Waals surface area contributed by atoms with Crippen molar-refractivity contribution in [2.75, 3.05) is 61.0 Å². The molecule has 0 aromatic heterocycles. The molecule has 127 valence electrons. The maximum atomic E-state index is 5.32. The lowest BCUT2D eigenvalue weighted by Crippen LogP contribution is -2.05. The zero-order valence-electron chi connectivity index (χ0n) is 13.7. The molecule has 1 radical (unpaired) electrons. The van der Waals surface area contributed by atoms with E-state index in [0.717, 1.165) is 0 Å². The summed E-state index contributed by atoms with van der Waals surface area (Å²) < 4.78 is 30.7. The Morgan fingerprint density at radius 2 is 0.864 bits per heavy atom.